The molecule has 1 aliphatic rings. The first kappa shape index (κ1) is 18.8. The fraction of sp³-hybridized carbons (Fsp3) is 1.00. The molecule has 6 nitrogen and oxygen atoms in total. The molecule has 0 aliphatic carbocycles. The van der Waals surface area contributed by atoms with Gasteiger partial charge in [-0.25, -0.2) is 0 Å². The predicted octanol–water partition coefficient (Wildman–Crippen LogP) is 0.957. The monoisotopic (exact) mass is 321 g/mol. The van der Waals surface area contributed by atoms with Crippen LogP contribution < -0.4 is 10.0 Å². The van der Waals surface area contributed by atoms with E-state index in [1.165, 1.54) is 0 Å². The van der Waals surface area contributed by atoms with Gasteiger partial charge < -0.3 is 10.1 Å². The van der Waals surface area contributed by atoms with Gasteiger partial charge in [-0.05, 0) is 51.6 Å². The minimum absolute atomic E-state index is 0.103. The molecule has 0 bridgehead atoms. The van der Waals surface area contributed by atoms with Gasteiger partial charge in [0.2, 0.25) is 0 Å². The molecular formula is C14H31N3O3S. The maximum absolute atomic E-state index is 12.4. The van der Waals surface area contributed by atoms with Crippen molar-refractivity contribution in [1.29, 1.82) is 0 Å². The zero-order chi connectivity index (χ0) is 15.7. The van der Waals surface area contributed by atoms with Gasteiger partial charge in [0, 0.05) is 32.8 Å². The Morgan fingerprint density at radius 3 is 2.86 bits per heavy atom. The van der Waals surface area contributed by atoms with Crippen LogP contribution in [-0.2, 0) is 14.9 Å². The topological polar surface area (TPSA) is 70.7 Å². The fourth-order valence-corrected chi connectivity index (χ4v) is 4.13. The molecule has 126 valence electrons. The van der Waals surface area contributed by atoms with E-state index in [0.29, 0.717) is 32.0 Å². The van der Waals surface area contributed by atoms with E-state index in [-0.39, 0.29) is 6.04 Å². The first-order chi connectivity index (χ1) is 9.99. The van der Waals surface area contributed by atoms with Crippen LogP contribution in [0.5, 0.6) is 0 Å². The number of ether oxygens (including phenoxy) is 1. The molecule has 0 aromatic rings. The summed E-state index contributed by atoms with van der Waals surface area (Å²) in [6.45, 7) is 7.71. The van der Waals surface area contributed by atoms with Crippen molar-refractivity contribution in [3.8, 4) is 0 Å². The maximum atomic E-state index is 12.4. The predicted molar refractivity (Wildman–Crippen MR) is 85.5 cm³/mol. The maximum Gasteiger partial charge on any atom is 0.279 e. The largest absolute Gasteiger partial charge is 0.385 e. The third-order valence-corrected chi connectivity index (χ3v) is 5.50. The van der Waals surface area contributed by atoms with Crippen LogP contribution in [0, 0.1) is 5.92 Å². The van der Waals surface area contributed by atoms with Crippen molar-refractivity contribution >= 4 is 10.2 Å². The van der Waals surface area contributed by atoms with Gasteiger partial charge in [0.15, 0.2) is 0 Å². The van der Waals surface area contributed by atoms with Crippen molar-refractivity contribution in [3.63, 3.8) is 0 Å². The minimum Gasteiger partial charge on any atom is -0.385 e. The van der Waals surface area contributed by atoms with E-state index in [1.54, 1.807) is 11.4 Å². The van der Waals surface area contributed by atoms with Crippen molar-refractivity contribution in [3.05, 3.63) is 0 Å². The molecule has 1 fully saturated rings. The van der Waals surface area contributed by atoms with Crippen LogP contribution in [0.15, 0.2) is 0 Å². The highest BCUT2D eigenvalue weighted by Gasteiger charge is 2.29. The Morgan fingerprint density at radius 2 is 2.19 bits per heavy atom. The zero-order valence-corrected chi connectivity index (χ0v) is 14.4. The highest BCUT2D eigenvalue weighted by Crippen LogP contribution is 2.18. The molecule has 0 radical (unpaired) electrons. The summed E-state index contributed by atoms with van der Waals surface area (Å²) in [4.78, 5) is 0. The average Bonchev–Trinajstić information content (AvgIpc) is 2.45. The van der Waals surface area contributed by atoms with E-state index in [2.05, 4.69) is 17.0 Å². The van der Waals surface area contributed by atoms with Crippen LogP contribution in [0.3, 0.4) is 0 Å². The molecule has 1 aliphatic heterocycles. The van der Waals surface area contributed by atoms with Crippen LogP contribution in [0.2, 0.25) is 0 Å². The highest BCUT2D eigenvalue weighted by molar-refractivity contribution is 7.87. The van der Waals surface area contributed by atoms with Crippen molar-refractivity contribution in [2.24, 2.45) is 5.92 Å². The Hall–Kier alpha value is -0.210. The number of methoxy groups -OCH3 is 1. The second-order valence-corrected chi connectivity index (χ2v) is 7.58. The highest BCUT2D eigenvalue weighted by atomic mass is 32.2. The minimum atomic E-state index is -3.38. The standard InChI is InChI=1S/C14H31N3O3S/c1-4-8-15-11-14-6-5-9-17(12-14)21(18,19)16-13(2)7-10-20-3/h13-16H,4-12H2,1-3H3. The smallest absolute Gasteiger partial charge is 0.279 e. The van der Waals surface area contributed by atoms with Crippen LogP contribution in [0.1, 0.15) is 39.5 Å². The molecular weight excluding hydrogens is 290 g/mol. The number of rotatable bonds is 10. The summed E-state index contributed by atoms with van der Waals surface area (Å²) in [5.41, 5.74) is 0. The van der Waals surface area contributed by atoms with E-state index in [0.717, 1.165) is 32.4 Å². The summed E-state index contributed by atoms with van der Waals surface area (Å²) < 4.78 is 34.1. The summed E-state index contributed by atoms with van der Waals surface area (Å²) in [7, 11) is -1.75. The van der Waals surface area contributed by atoms with Crippen molar-refractivity contribution < 1.29 is 13.2 Å². The number of hydrogen-bond donors (Lipinski definition) is 2. The van der Waals surface area contributed by atoms with Crippen LogP contribution in [0.4, 0.5) is 0 Å². The van der Waals surface area contributed by atoms with Gasteiger partial charge in [0.1, 0.15) is 0 Å². The molecule has 0 saturated carbocycles. The van der Waals surface area contributed by atoms with Crippen LogP contribution in [-0.4, -0.2) is 58.7 Å². The van der Waals surface area contributed by atoms with E-state index in [1.807, 2.05) is 6.92 Å². The van der Waals surface area contributed by atoms with Crippen LogP contribution in [0.25, 0.3) is 0 Å². The quantitative estimate of drug-likeness (QED) is 0.588. The molecule has 2 atom stereocenters. The number of nitrogens with zero attached hydrogens (tertiary/aromatic N) is 1. The Labute approximate surface area is 129 Å². The molecule has 7 heteroatoms. The summed E-state index contributed by atoms with van der Waals surface area (Å²) in [5.74, 6) is 0.413. The average molecular weight is 321 g/mol. The van der Waals surface area contributed by atoms with E-state index >= 15 is 0 Å². The first-order valence-electron chi connectivity index (χ1n) is 7.96. The van der Waals surface area contributed by atoms with E-state index in [9.17, 15) is 8.42 Å². The van der Waals surface area contributed by atoms with Gasteiger partial charge in [-0.1, -0.05) is 6.92 Å². The lowest BCUT2D eigenvalue weighted by Crippen LogP contribution is -2.49. The fourth-order valence-electron chi connectivity index (χ4n) is 2.58. The van der Waals surface area contributed by atoms with Crippen molar-refractivity contribution in [2.45, 2.75) is 45.6 Å². The molecule has 21 heavy (non-hydrogen) atoms. The molecule has 2 unspecified atom stereocenters. The van der Waals surface area contributed by atoms with Crippen molar-refractivity contribution in [1.82, 2.24) is 14.3 Å². The molecule has 2 N–H and O–H groups in total. The lowest BCUT2D eigenvalue weighted by Gasteiger charge is -2.32. The summed E-state index contributed by atoms with van der Waals surface area (Å²) in [5, 5.41) is 3.39. The molecule has 0 aromatic heterocycles. The Morgan fingerprint density at radius 1 is 1.43 bits per heavy atom. The lowest BCUT2D eigenvalue weighted by molar-refractivity contribution is 0.187. The molecule has 0 spiro atoms. The van der Waals surface area contributed by atoms with E-state index < -0.39 is 10.2 Å². The summed E-state index contributed by atoms with van der Waals surface area (Å²) in [6.07, 6.45) is 3.83. The molecule has 1 saturated heterocycles. The summed E-state index contributed by atoms with van der Waals surface area (Å²) in [6, 6.07) is -0.103. The molecule has 1 rings (SSSR count). The van der Waals surface area contributed by atoms with Gasteiger partial charge >= 0.3 is 0 Å². The van der Waals surface area contributed by atoms with Gasteiger partial charge in [-0.2, -0.15) is 17.4 Å². The zero-order valence-electron chi connectivity index (χ0n) is 13.6. The molecule has 0 aromatic carbocycles. The second kappa shape index (κ2) is 9.74. The van der Waals surface area contributed by atoms with Crippen LogP contribution >= 0.6 is 0 Å². The number of hydrogen-bond acceptors (Lipinski definition) is 4. The number of nitrogens with one attached hydrogen (secondary N) is 2. The van der Waals surface area contributed by atoms with Gasteiger partial charge in [-0.15, -0.1) is 0 Å². The molecule has 1 heterocycles. The SMILES string of the molecule is CCCNCC1CCCN(S(=O)(=O)NC(C)CCOC)C1. The second-order valence-electron chi connectivity index (χ2n) is 5.88. The van der Waals surface area contributed by atoms with Gasteiger partial charge in [0.05, 0.1) is 0 Å². The Bertz CT molecular complexity index is 376. The third-order valence-electron chi connectivity index (χ3n) is 3.79. The van der Waals surface area contributed by atoms with Gasteiger partial charge in [-0.3, -0.25) is 0 Å². The van der Waals surface area contributed by atoms with Gasteiger partial charge in [0.25, 0.3) is 10.2 Å². The Kier molecular flexibility index (Phi) is 8.73. The van der Waals surface area contributed by atoms with Crippen molar-refractivity contribution in [2.75, 3.05) is 39.9 Å². The molecule has 0 amide bonds. The first-order valence-corrected chi connectivity index (χ1v) is 9.40. The number of piperidine rings is 1. The summed E-state index contributed by atoms with van der Waals surface area (Å²) >= 11 is 0. The Balaban J connectivity index is 2.45. The lowest BCUT2D eigenvalue weighted by atomic mass is 10.00. The van der Waals surface area contributed by atoms with E-state index in [4.69, 9.17) is 4.74 Å². The normalized spacial score (nSPS) is 22.3. The third kappa shape index (κ3) is 7.06.